The summed E-state index contributed by atoms with van der Waals surface area (Å²) in [4.78, 5) is 15.0. The van der Waals surface area contributed by atoms with Crippen LogP contribution in [0.2, 0.25) is 5.15 Å². The number of halogens is 1. The van der Waals surface area contributed by atoms with Crippen molar-refractivity contribution in [3.05, 3.63) is 49.8 Å². The van der Waals surface area contributed by atoms with Crippen LogP contribution in [0.3, 0.4) is 0 Å². The molecule has 2 heterocycles. The lowest BCUT2D eigenvalue weighted by molar-refractivity contribution is -0.386. The molecule has 0 aromatic carbocycles. The summed E-state index contributed by atoms with van der Waals surface area (Å²) in [6.07, 6.45) is 0. The number of hydrogen-bond acceptors (Lipinski definition) is 5. The van der Waals surface area contributed by atoms with Crippen LogP contribution in [0.1, 0.15) is 4.88 Å². The topological polar surface area (TPSA) is 65.3 Å². The molecule has 0 radical (unpaired) electrons. The summed E-state index contributed by atoms with van der Waals surface area (Å²) in [6.45, 7) is 0.242. The monoisotopic (exact) mass is 270 g/mol. The number of ether oxygens (including phenoxy) is 1. The summed E-state index contributed by atoms with van der Waals surface area (Å²) in [5.41, 5.74) is -0.189. The van der Waals surface area contributed by atoms with Gasteiger partial charge in [-0.3, -0.25) is 10.1 Å². The summed E-state index contributed by atoms with van der Waals surface area (Å²) in [5.74, 6) is -0.0594. The maximum Gasteiger partial charge on any atom is 0.331 e. The van der Waals surface area contributed by atoms with Crippen molar-refractivity contribution in [1.29, 1.82) is 0 Å². The lowest BCUT2D eigenvalue weighted by Gasteiger charge is -2.04. The molecule has 0 aliphatic heterocycles. The van der Waals surface area contributed by atoms with Crippen LogP contribution in [-0.2, 0) is 6.61 Å². The molecule has 17 heavy (non-hydrogen) atoms. The highest BCUT2D eigenvalue weighted by molar-refractivity contribution is 7.09. The van der Waals surface area contributed by atoms with Crippen LogP contribution in [0, 0.1) is 10.1 Å². The number of nitro groups is 1. The molecule has 0 atom stereocenters. The number of aromatic nitrogens is 1. The first-order chi connectivity index (χ1) is 8.16. The Hall–Kier alpha value is -1.66. The van der Waals surface area contributed by atoms with E-state index >= 15 is 0 Å². The van der Waals surface area contributed by atoms with Crippen molar-refractivity contribution in [2.45, 2.75) is 6.61 Å². The zero-order chi connectivity index (χ0) is 12.3. The summed E-state index contributed by atoms with van der Waals surface area (Å²) >= 11 is 7.18. The maximum absolute atomic E-state index is 10.7. The molecule has 0 fully saturated rings. The van der Waals surface area contributed by atoms with Crippen molar-refractivity contribution < 1.29 is 9.66 Å². The summed E-state index contributed by atoms with van der Waals surface area (Å²) in [6, 6.07) is 6.39. The maximum atomic E-state index is 10.7. The molecule has 2 aromatic heterocycles. The van der Waals surface area contributed by atoms with E-state index in [1.54, 1.807) is 0 Å². The molecule has 2 rings (SSSR count). The van der Waals surface area contributed by atoms with Crippen LogP contribution in [0.15, 0.2) is 29.6 Å². The smallest absolute Gasteiger partial charge is 0.331 e. The lowest BCUT2D eigenvalue weighted by atomic mass is 10.4. The Bertz CT molecular complexity index is 530. The molecular weight excluding hydrogens is 264 g/mol. The average Bonchev–Trinajstić information content (AvgIpc) is 2.78. The third kappa shape index (κ3) is 2.92. The summed E-state index contributed by atoms with van der Waals surface area (Å²) in [5, 5.41) is 12.8. The Kier molecular flexibility index (Phi) is 3.55. The number of thiophene rings is 1. The van der Waals surface area contributed by atoms with Crippen molar-refractivity contribution in [2.24, 2.45) is 0 Å². The van der Waals surface area contributed by atoms with Crippen LogP contribution in [0.4, 0.5) is 5.69 Å². The molecule has 0 spiro atoms. The van der Waals surface area contributed by atoms with Crippen LogP contribution < -0.4 is 4.74 Å². The third-order valence-electron chi connectivity index (χ3n) is 1.93. The van der Waals surface area contributed by atoms with E-state index in [1.165, 1.54) is 23.5 Å². The molecule has 0 bridgehead atoms. The Labute approximate surface area is 106 Å². The fraction of sp³-hybridized carbons (Fsp3) is 0.100. The minimum Gasteiger partial charge on any atom is -0.467 e. The normalized spacial score (nSPS) is 10.2. The fourth-order valence-corrected chi connectivity index (χ4v) is 1.95. The molecule has 2 aromatic rings. The van der Waals surface area contributed by atoms with E-state index in [9.17, 15) is 10.1 Å². The van der Waals surface area contributed by atoms with Crippen LogP contribution in [0.5, 0.6) is 5.88 Å². The van der Waals surface area contributed by atoms with Gasteiger partial charge in [0.2, 0.25) is 0 Å². The highest BCUT2D eigenvalue weighted by atomic mass is 35.5. The predicted molar refractivity (Wildman–Crippen MR) is 64.6 cm³/mol. The molecule has 0 aliphatic carbocycles. The minimum absolute atomic E-state index is 0.0594. The molecule has 0 saturated carbocycles. The largest absolute Gasteiger partial charge is 0.467 e. The Morgan fingerprint density at radius 3 is 2.94 bits per heavy atom. The molecule has 0 saturated heterocycles. The number of rotatable bonds is 4. The molecule has 0 N–H and O–H groups in total. The van der Waals surface area contributed by atoms with E-state index in [4.69, 9.17) is 16.3 Å². The van der Waals surface area contributed by atoms with Crippen LogP contribution in [-0.4, -0.2) is 9.91 Å². The highest BCUT2D eigenvalue weighted by Gasteiger charge is 2.17. The van der Waals surface area contributed by atoms with Gasteiger partial charge in [0, 0.05) is 10.9 Å². The second-order valence-corrected chi connectivity index (χ2v) is 4.50. The first-order valence-electron chi connectivity index (χ1n) is 4.63. The molecule has 0 aliphatic rings. The van der Waals surface area contributed by atoms with E-state index in [0.29, 0.717) is 0 Å². The predicted octanol–water partition coefficient (Wildman–Crippen LogP) is 3.28. The number of pyridine rings is 1. The van der Waals surface area contributed by atoms with Crippen molar-refractivity contribution in [2.75, 3.05) is 0 Å². The van der Waals surface area contributed by atoms with E-state index < -0.39 is 4.92 Å². The Morgan fingerprint density at radius 1 is 1.47 bits per heavy atom. The zero-order valence-corrected chi connectivity index (χ0v) is 10.1. The van der Waals surface area contributed by atoms with Crippen molar-refractivity contribution >= 4 is 28.6 Å². The van der Waals surface area contributed by atoms with Gasteiger partial charge in [-0.05, 0) is 17.5 Å². The zero-order valence-electron chi connectivity index (χ0n) is 8.50. The van der Waals surface area contributed by atoms with Crippen molar-refractivity contribution in [1.82, 2.24) is 4.98 Å². The van der Waals surface area contributed by atoms with Gasteiger partial charge in [0.1, 0.15) is 11.8 Å². The van der Waals surface area contributed by atoms with Gasteiger partial charge >= 0.3 is 5.69 Å². The van der Waals surface area contributed by atoms with Gasteiger partial charge in [0.25, 0.3) is 5.88 Å². The van der Waals surface area contributed by atoms with Gasteiger partial charge in [0.15, 0.2) is 0 Å². The molecule has 5 nitrogen and oxygen atoms in total. The first-order valence-corrected chi connectivity index (χ1v) is 5.88. The number of hydrogen-bond donors (Lipinski definition) is 0. The van der Waals surface area contributed by atoms with Gasteiger partial charge in [-0.1, -0.05) is 17.7 Å². The summed E-state index contributed by atoms with van der Waals surface area (Å²) in [7, 11) is 0. The number of nitrogens with zero attached hydrogens (tertiary/aromatic N) is 2. The lowest BCUT2D eigenvalue weighted by Crippen LogP contribution is -2.00. The van der Waals surface area contributed by atoms with Crippen molar-refractivity contribution in [3.8, 4) is 5.88 Å². The summed E-state index contributed by atoms with van der Waals surface area (Å²) < 4.78 is 5.30. The standard InChI is InChI=1S/C10H7ClN2O3S/c11-9-4-3-8(13(14)15)10(12-9)16-6-7-2-1-5-17-7/h1-5H,6H2. The fourth-order valence-electron chi connectivity index (χ4n) is 1.19. The van der Waals surface area contributed by atoms with E-state index in [0.717, 1.165) is 4.88 Å². The van der Waals surface area contributed by atoms with Crippen LogP contribution in [0.25, 0.3) is 0 Å². The van der Waals surface area contributed by atoms with Gasteiger partial charge in [-0.15, -0.1) is 11.3 Å². The third-order valence-corrected chi connectivity index (χ3v) is 2.99. The first kappa shape index (κ1) is 11.8. The molecular formula is C10H7ClN2O3S. The Morgan fingerprint density at radius 2 is 2.29 bits per heavy atom. The van der Waals surface area contributed by atoms with Crippen LogP contribution >= 0.6 is 22.9 Å². The second kappa shape index (κ2) is 5.11. The second-order valence-electron chi connectivity index (χ2n) is 3.08. The molecule has 88 valence electrons. The molecule has 0 amide bonds. The quantitative estimate of drug-likeness (QED) is 0.486. The van der Waals surface area contributed by atoms with Gasteiger partial charge in [0.05, 0.1) is 4.92 Å². The van der Waals surface area contributed by atoms with E-state index in [2.05, 4.69) is 4.98 Å². The minimum atomic E-state index is -0.549. The molecule has 7 heteroatoms. The Balaban J connectivity index is 2.19. The van der Waals surface area contributed by atoms with Gasteiger partial charge in [-0.25, -0.2) is 0 Å². The van der Waals surface area contributed by atoms with Gasteiger partial charge in [-0.2, -0.15) is 4.98 Å². The van der Waals surface area contributed by atoms with E-state index in [-0.39, 0.29) is 23.3 Å². The average molecular weight is 271 g/mol. The van der Waals surface area contributed by atoms with E-state index in [1.807, 2.05) is 17.5 Å². The highest BCUT2D eigenvalue weighted by Crippen LogP contribution is 2.27. The SMILES string of the molecule is O=[N+]([O-])c1ccc(Cl)nc1OCc1cccs1. The molecule has 0 unspecified atom stereocenters. The van der Waals surface area contributed by atoms with Crippen molar-refractivity contribution in [3.63, 3.8) is 0 Å². The van der Waals surface area contributed by atoms with Gasteiger partial charge < -0.3 is 4.74 Å².